The molecule has 0 aliphatic carbocycles. The van der Waals surface area contributed by atoms with Crippen LogP contribution in [0.3, 0.4) is 0 Å². The Kier molecular flexibility index (Phi) is 3.89. The van der Waals surface area contributed by atoms with Gasteiger partial charge in [-0.15, -0.1) is 0 Å². The van der Waals surface area contributed by atoms with Gasteiger partial charge in [0.15, 0.2) is 0 Å². The average molecular weight is 229 g/mol. The zero-order chi connectivity index (χ0) is 12.1. The molecule has 2 aromatic rings. The van der Waals surface area contributed by atoms with Gasteiger partial charge >= 0.3 is 0 Å². The third-order valence-corrected chi connectivity index (χ3v) is 2.86. The summed E-state index contributed by atoms with van der Waals surface area (Å²) >= 11 is 0. The summed E-state index contributed by atoms with van der Waals surface area (Å²) in [6.07, 6.45) is 1.74. The molecule has 2 heteroatoms. The van der Waals surface area contributed by atoms with Crippen LogP contribution in [0.4, 0.5) is 4.39 Å². The first-order valence-corrected chi connectivity index (χ1v) is 5.80. The smallest absolute Gasteiger partial charge is 0.123 e. The highest BCUT2D eigenvalue weighted by Crippen LogP contribution is 2.17. The lowest BCUT2D eigenvalue weighted by Crippen LogP contribution is -2.11. The van der Waals surface area contributed by atoms with Gasteiger partial charge in [-0.3, -0.25) is 0 Å². The minimum absolute atomic E-state index is 0.106. The molecule has 0 saturated carbocycles. The van der Waals surface area contributed by atoms with Crippen molar-refractivity contribution in [3.05, 3.63) is 71.5 Å². The highest BCUT2D eigenvalue weighted by Gasteiger charge is 2.06. The van der Waals surface area contributed by atoms with Crippen molar-refractivity contribution in [3.63, 3.8) is 0 Å². The lowest BCUT2D eigenvalue weighted by molar-refractivity contribution is 0.609. The van der Waals surface area contributed by atoms with E-state index >= 15 is 0 Å². The Morgan fingerprint density at radius 3 is 2.47 bits per heavy atom. The minimum Gasteiger partial charge on any atom is -0.324 e. The van der Waals surface area contributed by atoms with E-state index in [-0.39, 0.29) is 11.9 Å². The molecule has 0 radical (unpaired) electrons. The van der Waals surface area contributed by atoms with Crippen molar-refractivity contribution in [2.24, 2.45) is 5.73 Å². The summed E-state index contributed by atoms with van der Waals surface area (Å²) in [5.41, 5.74) is 8.17. The van der Waals surface area contributed by atoms with E-state index in [1.807, 2.05) is 24.3 Å². The molecule has 1 nitrogen and oxygen atoms in total. The quantitative estimate of drug-likeness (QED) is 0.853. The van der Waals surface area contributed by atoms with Gasteiger partial charge in [-0.2, -0.15) is 0 Å². The van der Waals surface area contributed by atoms with Crippen LogP contribution in [0, 0.1) is 5.82 Å². The van der Waals surface area contributed by atoms with Gasteiger partial charge in [0, 0.05) is 6.04 Å². The van der Waals surface area contributed by atoms with E-state index in [0.717, 1.165) is 18.4 Å². The lowest BCUT2D eigenvalue weighted by atomic mass is 10.00. The maximum absolute atomic E-state index is 13.0. The van der Waals surface area contributed by atoms with Crippen molar-refractivity contribution in [1.82, 2.24) is 0 Å². The van der Waals surface area contributed by atoms with E-state index in [0.29, 0.717) is 0 Å². The Hall–Kier alpha value is -1.67. The summed E-state index contributed by atoms with van der Waals surface area (Å²) in [6, 6.07) is 16.6. The minimum atomic E-state index is -0.224. The first kappa shape index (κ1) is 11.8. The lowest BCUT2D eigenvalue weighted by Gasteiger charge is -2.12. The summed E-state index contributed by atoms with van der Waals surface area (Å²) < 4.78 is 13.0. The summed E-state index contributed by atoms with van der Waals surface area (Å²) in [5.74, 6) is -0.224. The molecule has 0 aliphatic heterocycles. The number of hydrogen-bond donors (Lipinski definition) is 1. The van der Waals surface area contributed by atoms with Crippen LogP contribution in [-0.2, 0) is 6.42 Å². The third kappa shape index (κ3) is 3.40. The van der Waals surface area contributed by atoms with Gasteiger partial charge < -0.3 is 5.73 Å². The van der Waals surface area contributed by atoms with Crippen LogP contribution in [0.25, 0.3) is 0 Å². The van der Waals surface area contributed by atoms with Crippen LogP contribution in [-0.4, -0.2) is 0 Å². The van der Waals surface area contributed by atoms with Gasteiger partial charge in [-0.05, 0) is 36.1 Å². The normalized spacial score (nSPS) is 12.4. The maximum Gasteiger partial charge on any atom is 0.123 e. The molecule has 2 aromatic carbocycles. The Morgan fingerprint density at radius 2 is 1.76 bits per heavy atom. The van der Waals surface area contributed by atoms with E-state index < -0.39 is 0 Å². The molecule has 88 valence electrons. The molecule has 0 saturated heterocycles. The number of hydrogen-bond acceptors (Lipinski definition) is 1. The SMILES string of the molecule is NC(CCc1ccccc1)c1cccc(F)c1. The Labute approximate surface area is 101 Å². The van der Waals surface area contributed by atoms with Gasteiger partial charge in [-0.25, -0.2) is 4.39 Å². The fourth-order valence-electron chi connectivity index (χ4n) is 1.87. The molecular formula is C15H16FN. The molecule has 1 atom stereocenters. The van der Waals surface area contributed by atoms with E-state index in [4.69, 9.17) is 5.73 Å². The van der Waals surface area contributed by atoms with Gasteiger partial charge in [0.2, 0.25) is 0 Å². The first-order valence-electron chi connectivity index (χ1n) is 5.80. The average Bonchev–Trinajstić information content (AvgIpc) is 2.37. The van der Waals surface area contributed by atoms with Crippen molar-refractivity contribution in [3.8, 4) is 0 Å². The molecular weight excluding hydrogens is 213 g/mol. The molecule has 2 rings (SSSR count). The molecule has 0 bridgehead atoms. The van der Waals surface area contributed by atoms with Gasteiger partial charge in [0.1, 0.15) is 5.82 Å². The monoisotopic (exact) mass is 229 g/mol. The molecule has 0 aliphatic rings. The largest absolute Gasteiger partial charge is 0.324 e. The number of aryl methyl sites for hydroxylation is 1. The van der Waals surface area contributed by atoms with Crippen LogP contribution in [0.5, 0.6) is 0 Å². The number of halogens is 1. The molecule has 1 unspecified atom stereocenters. The standard InChI is InChI=1S/C15H16FN/c16-14-8-4-7-13(11-14)15(17)10-9-12-5-2-1-3-6-12/h1-8,11,15H,9-10,17H2. The van der Waals surface area contributed by atoms with Gasteiger partial charge in [0.25, 0.3) is 0 Å². The van der Waals surface area contributed by atoms with Crippen LogP contribution in [0.15, 0.2) is 54.6 Å². The Morgan fingerprint density at radius 1 is 1.00 bits per heavy atom. The fraction of sp³-hybridized carbons (Fsp3) is 0.200. The van der Waals surface area contributed by atoms with Gasteiger partial charge in [0.05, 0.1) is 0 Å². The van der Waals surface area contributed by atoms with E-state index in [1.54, 1.807) is 6.07 Å². The highest BCUT2D eigenvalue weighted by atomic mass is 19.1. The predicted molar refractivity (Wildman–Crippen MR) is 68.1 cm³/mol. The molecule has 2 N–H and O–H groups in total. The van der Waals surface area contributed by atoms with Gasteiger partial charge in [-0.1, -0.05) is 42.5 Å². The molecule has 0 spiro atoms. The topological polar surface area (TPSA) is 26.0 Å². The fourth-order valence-corrected chi connectivity index (χ4v) is 1.87. The van der Waals surface area contributed by atoms with E-state index in [1.165, 1.54) is 17.7 Å². The van der Waals surface area contributed by atoms with Crippen LogP contribution < -0.4 is 5.73 Å². The Balaban J connectivity index is 1.96. The summed E-state index contributed by atoms with van der Waals surface area (Å²) in [6.45, 7) is 0. The summed E-state index contributed by atoms with van der Waals surface area (Å²) in [4.78, 5) is 0. The van der Waals surface area contributed by atoms with Crippen molar-refractivity contribution in [2.45, 2.75) is 18.9 Å². The molecule has 0 amide bonds. The second-order valence-electron chi connectivity index (χ2n) is 4.19. The molecule has 0 fully saturated rings. The zero-order valence-electron chi connectivity index (χ0n) is 9.64. The highest BCUT2D eigenvalue weighted by molar-refractivity contribution is 5.21. The van der Waals surface area contributed by atoms with Crippen molar-refractivity contribution in [2.75, 3.05) is 0 Å². The summed E-state index contributed by atoms with van der Waals surface area (Å²) in [7, 11) is 0. The van der Waals surface area contributed by atoms with Crippen LogP contribution in [0.2, 0.25) is 0 Å². The van der Waals surface area contributed by atoms with Crippen molar-refractivity contribution < 1.29 is 4.39 Å². The second-order valence-corrected chi connectivity index (χ2v) is 4.19. The van der Waals surface area contributed by atoms with Crippen molar-refractivity contribution in [1.29, 1.82) is 0 Å². The number of nitrogens with two attached hydrogens (primary N) is 1. The first-order chi connectivity index (χ1) is 8.25. The van der Waals surface area contributed by atoms with Crippen LogP contribution >= 0.6 is 0 Å². The predicted octanol–water partition coefficient (Wildman–Crippen LogP) is 3.46. The third-order valence-electron chi connectivity index (χ3n) is 2.86. The second kappa shape index (κ2) is 5.60. The van der Waals surface area contributed by atoms with Crippen LogP contribution in [0.1, 0.15) is 23.6 Å². The number of rotatable bonds is 4. The Bertz CT molecular complexity index is 467. The number of benzene rings is 2. The molecule has 0 heterocycles. The molecule has 0 aromatic heterocycles. The van der Waals surface area contributed by atoms with E-state index in [9.17, 15) is 4.39 Å². The molecule has 17 heavy (non-hydrogen) atoms. The zero-order valence-corrected chi connectivity index (χ0v) is 9.64. The maximum atomic E-state index is 13.0. The van der Waals surface area contributed by atoms with E-state index in [2.05, 4.69) is 12.1 Å². The van der Waals surface area contributed by atoms with Crippen molar-refractivity contribution >= 4 is 0 Å². The summed E-state index contributed by atoms with van der Waals surface area (Å²) in [5, 5.41) is 0.